The third-order valence-corrected chi connectivity index (χ3v) is 3.66. The van der Waals surface area contributed by atoms with Crippen LogP contribution in [0.1, 0.15) is 37.2 Å². The fourth-order valence-corrected chi connectivity index (χ4v) is 2.53. The van der Waals surface area contributed by atoms with E-state index in [1.165, 1.54) is 0 Å². The molecule has 1 heterocycles. The molecule has 0 saturated heterocycles. The number of aryl methyl sites for hydroxylation is 1. The minimum absolute atomic E-state index is 0.124. The summed E-state index contributed by atoms with van der Waals surface area (Å²) < 4.78 is 7.34. The van der Waals surface area contributed by atoms with Crippen LogP contribution in [0.3, 0.4) is 0 Å². The Balaban J connectivity index is 2.19. The number of ether oxygens (including phenoxy) is 1. The lowest BCUT2D eigenvalue weighted by molar-refractivity contribution is 0.163. The molecule has 1 aromatic heterocycles. The Hall–Kier alpha value is -1.52. The van der Waals surface area contributed by atoms with Crippen LogP contribution >= 0.6 is 11.6 Å². The zero-order chi connectivity index (χ0) is 15.4. The summed E-state index contributed by atoms with van der Waals surface area (Å²) in [7, 11) is 1.71. The van der Waals surface area contributed by atoms with Crippen molar-refractivity contribution in [1.29, 1.82) is 0 Å². The van der Waals surface area contributed by atoms with Crippen molar-refractivity contribution in [3.05, 3.63) is 46.7 Å². The van der Waals surface area contributed by atoms with Gasteiger partial charge in [0.15, 0.2) is 0 Å². The Morgan fingerprint density at radius 2 is 2.14 bits per heavy atom. The SMILES string of the molecule is COCC(C)n1cc(C)nc1NC(C)c1cccc(Cl)c1. The highest BCUT2D eigenvalue weighted by molar-refractivity contribution is 6.30. The molecule has 1 N–H and O–H groups in total. The third kappa shape index (κ3) is 3.99. The first-order chi connectivity index (χ1) is 10.0. The van der Waals surface area contributed by atoms with Gasteiger partial charge in [-0.05, 0) is 38.5 Å². The van der Waals surface area contributed by atoms with Crippen LogP contribution in [-0.2, 0) is 4.74 Å². The lowest BCUT2D eigenvalue weighted by Crippen LogP contribution is -2.16. The molecule has 0 aliphatic carbocycles. The van der Waals surface area contributed by atoms with Crippen LogP contribution in [0.25, 0.3) is 0 Å². The van der Waals surface area contributed by atoms with Gasteiger partial charge >= 0.3 is 0 Å². The molecule has 0 spiro atoms. The van der Waals surface area contributed by atoms with Crippen molar-refractivity contribution in [2.45, 2.75) is 32.9 Å². The first-order valence-electron chi connectivity index (χ1n) is 7.07. The van der Waals surface area contributed by atoms with Crippen molar-refractivity contribution in [3.63, 3.8) is 0 Å². The van der Waals surface area contributed by atoms with Crippen molar-refractivity contribution < 1.29 is 4.74 Å². The molecule has 5 heteroatoms. The van der Waals surface area contributed by atoms with Crippen molar-refractivity contribution in [1.82, 2.24) is 9.55 Å². The summed E-state index contributed by atoms with van der Waals surface area (Å²) in [6.07, 6.45) is 2.04. The number of nitrogens with one attached hydrogen (secondary N) is 1. The van der Waals surface area contributed by atoms with E-state index >= 15 is 0 Å². The number of hydrogen-bond donors (Lipinski definition) is 1. The molecule has 0 radical (unpaired) electrons. The van der Waals surface area contributed by atoms with Gasteiger partial charge in [0.25, 0.3) is 0 Å². The Morgan fingerprint density at radius 1 is 1.38 bits per heavy atom. The number of nitrogens with zero attached hydrogens (tertiary/aromatic N) is 2. The molecule has 0 aliphatic rings. The maximum absolute atomic E-state index is 6.05. The maximum atomic E-state index is 6.05. The Bertz CT molecular complexity index is 597. The molecule has 0 aliphatic heterocycles. The Labute approximate surface area is 131 Å². The smallest absolute Gasteiger partial charge is 0.203 e. The summed E-state index contributed by atoms with van der Waals surface area (Å²) in [6.45, 7) is 6.85. The number of aromatic nitrogens is 2. The van der Waals surface area contributed by atoms with Crippen molar-refractivity contribution >= 4 is 17.5 Å². The van der Waals surface area contributed by atoms with Crippen LogP contribution in [0.5, 0.6) is 0 Å². The fraction of sp³-hybridized carbons (Fsp3) is 0.438. The van der Waals surface area contributed by atoms with E-state index in [2.05, 4.69) is 34.8 Å². The topological polar surface area (TPSA) is 39.1 Å². The molecule has 0 fully saturated rings. The first-order valence-corrected chi connectivity index (χ1v) is 7.45. The van der Waals surface area contributed by atoms with Gasteiger partial charge in [0.1, 0.15) is 0 Å². The van der Waals surface area contributed by atoms with Gasteiger partial charge < -0.3 is 14.6 Å². The number of imidazole rings is 1. The van der Waals surface area contributed by atoms with Crippen LogP contribution in [0.15, 0.2) is 30.5 Å². The summed E-state index contributed by atoms with van der Waals surface area (Å²) in [5.74, 6) is 0.851. The third-order valence-electron chi connectivity index (χ3n) is 3.43. The highest BCUT2D eigenvalue weighted by Crippen LogP contribution is 2.23. The van der Waals surface area contributed by atoms with Crippen LogP contribution in [0.4, 0.5) is 5.95 Å². The van der Waals surface area contributed by atoms with Crippen molar-refractivity contribution in [2.75, 3.05) is 19.0 Å². The quantitative estimate of drug-likeness (QED) is 0.868. The Kier molecular flexibility index (Phi) is 5.26. The fourth-order valence-electron chi connectivity index (χ4n) is 2.33. The van der Waals surface area contributed by atoms with E-state index in [-0.39, 0.29) is 12.1 Å². The molecule has 1 aromatic carbocycles. The van der Waals surface area contributed by atoms with Gasteiger partial charge in [-0.3, -0.25) is 0 Å². The van der Waals surface area contributed by atoms with Crippen molar-refractivity contribution in [3.8, 4) is 0 Å². The number of methoxy groups -OCH3 is 1. The van der Waals surface area contributed by atoms with Crippen LogP contribution in [0, 0.1) is 6.92 Å². The van der Waals surface area contributed by atoms with E-state index in [0.717, 1.165) is 22.2 Å². The lowest BCUT2D eigenvalue weighted by atomic mass is 10.1. The van der Waals surface area contributed by atoms with Gasteiger partial charge in [-0.15, -0.1) is 0 Å². The zero-order valence-electron chi connectivity index (χ0n) is 12.9. The molecule has 0 saturated carbocycles. The zero-order valence-corrected chi connectivity index (χ0v) is 13.7. The summed E-state index contributed by atoms with van der Waals surface area (Å²) >= 11 is 6.05. The summed E-state index contributed by atoms with van der Waals surface area (Å²) in [6, 6.07) is 8.22. The summed E-state index contributed by atoms with van der Waals surface area (Å²) in [4.78, 5) is 4.57. The van der Waals surface area contributed by atoms with Gasteiger partial charge in [0.2, 0.25) is 5.95 Å². The standard InChI is InChI=1S/C16H22ClN3O/c1-11-9-20(12(2)10-21-4)16(18-11)19-13(3)14-6-5-7-15(17)8-14/h5-9,12-13H,10H2,1-4H3,(H,18,19). The summed E-state index contributed by atoms with van der Waals surface area (Å²) in [5, 5.41) is 4.20. The molecule has 21 heavy (non-hydrogen) atoms. The van der Waals surface area contributed by atoms with Gasteiger partial charge in [-0.25, -0.2) is 4.98 Å². The Morgan fingerprint density at radius 3 is 2.81 bits per heavy atom. The predicted molar refractivity (Wildman–Crippen MR) is 87.0 cm³/mol. The van der Waals surface area contributed by atoms with Gasteiger partial charge in [-0.1, -0.05) is 23.7 Å². The molecule has 2 rings (SSSR count). The van der Waals surface area contributed by atoms with E-state index in [4.69, 9.17) is 16.3 Å². The molecule has 2 aromatic rings. The minimum Gasteiger partial charge on any atom is -0.383 e. The summed E-state index contributed by atoms with van der Waals surface area (Å²) in [5.41, 5.74) is 2.12. The molecule has 0 amide bonds. The number of hydrogen-bond acceptors (Lipinski definition) is 3. The number of rotatable bonds is 6. The van der Waals surface area contributed by atoms with Gasteiger partial charge in [0, 0.05) is 18.3 Å². The van der Waals surface area contributed by atoms with Gasteiger partial charge in [-0.2, -0.15) is 0 Å². The molecule has 2 unspecified atom stereocenters. The highest BCUT2D eigenvalue weighted by Gasteiger charge is 2.14. The van der Waals surface area contributed by atoms with E-state index in [0.29, 0.717) is 6.61 Å². The monoisotopic (exact) mass is 307 g/mol. The molecular formula is C16H22ClN3O. The number of benzene rings is 1. The van der Waals surface area contributed by atoms with Crippen molar-refractivity contribution in [2.24, 2.45) is 0 Å². The normalized spacial score (nSPS) is 14.0. The molecule has 4 nitrogen and oxygen atoms in total. The molecule has 114 valence electrons. The van der Waals surface area contributed by atoms with E-state index in [9.17, 15) is 0 Å². The van der Waals surface area contributed by atoms with E-state index < -0.39 is 0 Å². The second-order valence-electron chi connectivity index (χ2n) is 5.34. The molecular weight excluding hydrogens is 286 g/mol. The van der Waals surface area contributed by atoms with E-state index in [1.807, 2.05) is 31.3 Å². The predicted octanol–water partition coefficient (Wildman–Crippen LogP) is 4.23. The highest BCUT2D eigenvalue weighted by atomic mass is 35.5. The minimum atomic E-state index is 0.124. The largest absolute Gasteiger partial charge is 0.383 e. The van der Waals surface area contributed by atoms with Crippen LogP contribution < -0.4 is 5.32 Å². The van der Waals surface area contributed by atoms with Crippen LogP contribution in [-0.4, -0.2) is 23.3 Å². The maximum Gasteiger partial charge on any atom is 0.203 e. The molecule has 2 atom stereocenters. The lowest BCUT2D eigenvalue weighted by Gasteiger charge is -2.20. The second kappa shape index (κ2) is 6.96. The average Bonchev–Trinajstić information content (AvgIpc) is 2.80. The molecule has 0 bridgehead atoms. The number of halogens is 1. The van der Waals surface area contributed by atoms with E-state index in [1.54, 1.807) is 7.11 Å². The second-order valence-corrected chi connectivity index (χ2v) is 5.77. The van der Waals surface area contributed by atoms with Gasteiger partial charge in [0.05, 0.1) is 24.4 Å². The average molecular weight is 308 g/mol. The first kappa shape index (κ1) is 15.9. The van der Waals surface area contributed by atoms with Crippen LogP contribution in [0.2, 0.25) is 5.02 Å². The number of anilines is 1.